The van der Waals surface area contributed by atoms with Crippen LogP contribution < -0.4 is 5.11 Å². The standard InChI is InChI=1S/C10H10O2S/c11-10(12)8-13-7-6-9-4-2-1-3-5-9/h1-7H,8H2,(H,11,12)/p-1/b7-6+. The van der Waals surface area contributed by atoms with Crippen LogP contribution in [0, 0.1) is 0 Å². The van der Waals surface area contributed by atoms with Gasteiger partial charge >= 0.3 is 0 Å². The molecule has 0 saturated carbocycles. The van der Waals surface area contributed by atoms with Gasteiger partial charge in [0.15, 0.2) is 0 Å². The molecule has 0 spiro atoms. The molecule has 0 saturated heterocycles. The monoisotopic (exact) mass is 193 g/mol. The third-order valence-electron chi connectivity index (χ3n) is 1.36. The SMILES string of the molecule is O=C([O-])CS/C=C/c1ccccc1. The summed E-state index contributed by atoms with van der Waals surface area (Å²) in [5, 5.41) is 11.8. The van der Waals surface area contributed by atoms with E-state index in [0.29, 0.717) is 0 Å². The van der Waals surface area contributed by atoms with Gasteiger partial charge in [0.05, 0.1) is 5.97 Å². The molecular formula is C10H9O2S-. The maximum absolute atomic E-state index is 10.0. The van der Waals surface area contributed by atoms with Crippen molar-refractivity contribution in [3.05, 3.63) is 41.3 Å². The van der Waals surface area contributed by atoms with E-state index in [4.69, 9.17) is 0 Å². The molecule has 13 heavy (non-hydrogen) atoms. The zero-order chi connectivity index (χ0) is 9.52. The average Bonchev–Trinajstić information content (AvgIpc) is 2.14. The van der Waals surface area contributed by atoms with Crippen molar-refractivity contribution in [1.29, 1.82) is 0 Å². The molecule has 0 atom stereocenters. The summed E-state index contributed by atoms with van der Waals surface area (Å²) in [4.78, 5) is 10.0. The van der Waals surface area contributed by atoms with E-state index >= 15 is 0 Å². The molecule has 0 amide bonds. The summed E-state index contributed by atoms with van der Waals surface area (Å²) in [6.07, 6.45) is 1.87. The highest BCUT2D eigenvalue weighted by Crippen LogP contribution is 2.07. The van der Waals surface area contributed by atoms with Crippen LogP contribution in [-0.4, -0.2) is 11.7 Å². The predicted molar refractivity (Wildman–Crippen MR) is 52.9 cm³/mol. The molecule has 0 aliphatic rings. The van der Waals surface area contributed by atoms with Crippen LogP contribution in [-0.2, 0) is 4.79 Å². The molecule has 0 aromatic heterocycles. The zero-order valence-corrected chi connectivity index (χ0v) is 7.79. The van der Waals surface area contributed by atoms with Gasteiger partial charge in [-0.2, -0.15) is 0 Å². The van der Waals surface area contributed by atoms with Gasteiger partial charge in [0.2, 0.25) is 0 Å². The van der Waals surface area contributed by atoms with E-state index < -0.39 is 5.97 Å². The summed E-state index contributed by atoms with van der Waals surface area (Å²) in [5.74, 6) is -1.04. The van der Waals surface area contributed by atoms with Crippen LogP contribution in [0.15, 0.2) is 35.7 Å². The van der Waals surface area contributed by atoms with Gasteiger partial charge < -0.3 is 9.90 Å². The first kappa shape index (κ1) is 9.86. The van der Waals surface area contributed by atoms with E-state index in [9.17, 15) is 9.90 Å². The molecule has 0 bridgehead atoms. The highest BCUT2D eigenvalue weighted by atomic mass is 32.2. The Morgan fingerprint density at radius 2 is 2.08 bits per heavy atom. The third-order valence-corrected chi connectivity index (χ3v) is 2.09. The molecule has 3 heteroatoms. The molecular weight excluding hydrogens is 184 g/mol. The Labute approximate surface area is 81.3 Å². The number of hydrogen-bond donors (Lipinski definition) is 0. The molecule has 68 valence electrons. The second-order valence-corrected chi connectivity index (χ2v) is 3.29. The molecule has 2 nitrogen and oxygen atoms in total. The van der Waals surface area contributed by atoms with Crippen molar-refractivity contribution >= 4 is 23.8 Å². The lowest BCUT2D eigenvalue weighted by atomic mass is 10.2. The molecule has 0 radical (unpaired) electrons. The van der Waals surface area contributed by atoms with Crippen LogP contribution in [0.5, 0.6) is 0 Å². The molecule has 0 heterocycles. The van der Waals surface area contributed by atoms with Crippen LogP contribution in [0.25, 0.3) is 6.08 Å². The van der Waals surface area contributed by atoms with Crippen molar-refractivity contribution < 1.29 is 9.90 Å². The average molecular weight is 193 g/mol. The number of benzene rings is 1. The summed E-state index contributed by atoms with van der Waals surface area (Å²) in [6, 6.07) is 9.71. The van der Waals surface area contributed by atoms with Gasteiger partial charge in [-0.05, 0) is 17.0 Å². The molecule has 0 aliphatic heterocycles. The first-order valence-electron chi connectivity index (χ1n) is 3.82. The lowest BCUT2D eigenvalue weighted by Crippen LogP contribution is -2.23. The van der Waals surface area contributed by atoms with Crippen LogP contribution in [0.2, 0.25) is 0 Å². The number of hydrogen-bond acceptors (Lipinski definition) is 3. The zero-order valence-electron chi connectivity index (χ0n) is 6.97. The molecule has 1 aromatic carbocycles. The van der Waals surface area contributed by atoms with Gasteiger partial charge in [0, 0.05) is 5.75 Å². The van der Waals surface area contributed by atoms with Gasteiger partial charge in [-0.3, -0.25) is 0 Å². The fraction of sp³-hybridized carbons (Fsp3) is 0.100. The molecule has 0 aliphatic carbocycles. The molecule has 0 unspecified atom stereocenters. The van der Waals surface area contributed by atoms with Gasteiger partial charge in [0.25, 0.3) is 0 Å². The second-order valence-electron chi connectivity index (χ2n) is 2.40. The van der Waals surface area contributed by atoms with E-state index in [2.05, 4.69) is 0 Å². The number of aliphatic carboxylic acids is 1. The minimum atomic E-state index is -1.04. The molecule has 1 aromatic rings. The smallest absolute Gasteiger partial charge is 0.0516 e. The van der Waals surface area contributed by atoms with Crippen LogP contribution in [0.4, 0.5) is 0 Å². The minimum absolute atomic E-state index is 0.00331. The van der Waals surface area contributed by atoms with Crippen molar-refractivity contribution in [3.63, 3.8) is 0 Å². The summed E-state index contributed by atoms with van der Waals surface area (Å²) < 4.78 is 0. The Morgan fingerprint density at radius 1 is 1.38 bits per heavy atom. The van der Waals surface area contributed by atoms with Crippen molar-refractivity contribution in [1.82, 2.24) is 0 Å². The molecule has 0 N–H and O–H groups in total. The Kier molecular flexibility index (Phi) is 4.12. The Balaban J connectivity index is 2.37. The first-order chi connectivity index (χ1) is 6.29. The molecule has 1 rings (SSSR count). The Hall–Kier alpha value is -1.22. The summed E-state index contributed by atoms with van der Waals surface area (Å²) in [6.45, 7) is 0. The number of carbonyl (C=O) groups is 1. The third kappa shape index (κ3) is 4.38. The van der Waals surface area contributed by atoms with E-state index in [-0.39, 0.29) is 5.75 Å². The van der Waals surface area contributed by atoms with Crippen LogP contribution in [0.1, 0.15) is 5.56 Å². The minimum Gasteiger partial charge on any atom is -0.549 e. The highest BCUT2D eigenvalue weighted by Gasteiger charge is 1.84. The summed E-state index contributed by atoms with van der Waals surface area (Å²) in [7, 11) is 0. The maximum Gasteiger partial charge on any atom is 0.0516 e. The van der Waals surface area contributed by atoms with Gasteiger partial charge in [-0.1, -0.05) is 30.3 Å². The highest BCUT2D eigenvalue weighted by molar-refractivity contribution is 8.02. The summed E-state index contributed by atoms with van der Waals surface area (Å²) >= 11 is 1.21. The van der Waals surface area contributed by atoms with Gasteiger partial charge in [-0.25, -0.2) is 0 Å². The van der Waals surface area contributed by atoms with E-state index in [1.165, 1.54) is 11.8 Å². The number of carboxylic acids is 1. The second kappa shape index (κ2) is 5.43. The van der Waals surface area contributed by atoms with Crippen molar-refractivity contribution in [2.24, 2.45) is 0 Å². The number of carboxylic acid groups (broad SMARTS) is 1. The number of rotatable bonds is 4. The molecule has 0 fully saturated rings. The fourth-order valence-corrected chi connectivity index (χ4v) is 1.29. The topological polar surface area (TPSA) is 40.1 Å². The maximum atomic E-state index is 10.0. The van der Waals surface area contributed by atoms with Crippen LogP contribution in [0.3, 0.4) is 0 Å². The normalized spacial score (nSPS) is 10.5. The number of carbonyl (C=O) groups excluding carboxylic acids is 1. The van der Waals surface area contributed by atoms with Gasteiger partial charge in [-0.15, -0.1) is 11.8 Å². The first-order valence-corrected chi connectivity index (χ1v) is 4.87. The lowest BCUT2D eigenvalue weighted by molar-refractivity contribution is -0.301. The van der Waals surface area contributed by atoms with Crippen molar-refractivity contribution in [2.45, 2.75) is 0 Å². The van der Waals surface area contributed by atoms with Crippen molar-refractivity contribution in [3.8, 4) is 0 Å². The summed E-state index contributed by atoms with van der Waals surface area (Å²) in [5.41, 5.74) is 1.06. The predicted octanol–water partition coefficient (Wildman–Crippen LogP) is 1.14. The largest absolute Gasteiger partial charge is 0.549 e. The van der Waals surface area contributed by atoms with Crippen molar-refractivity contribution in [2.75, 3.05) is 5.75 Å². The van der Waals surface area contributed by atoms with E-state index in [0.717, 1.165) is 5.56 Å². The fourth-order valence-electron chi connectivity index (χ4n) is 0.807. The van der Waals surface area contributed by atoms with Crippen LogP contribution >= 0.6 is 11.8 Å². The number of thioether (sulfide) groups is 1. The van der Waals surface area contributed by atoms with E-state index in [1.54, 1.807) is 5.41 Å². The lowest BCUT2D eigenvalue weighted by Gasteiger charge is -1.95. The quantitative estimate of drug-likeness (QED) is 0.720. The van der Waals surface area contributed by atoms with Gasteiger partial charge in [0.1, 0.15) is 0 Å². The van der Waals surface area contributed by atoms with E-state index in [1.807, 2.05) is 36.4 Å². The Morgan fingerprint density at radius 3 is 2.69 bits per heavy atom. The Bertz CT molecular complexity index is 293.